The third-order valence-electron chi connectivity index (χ3n) is 2.11. The zero-order valence-electron chi connectivity index (χ0n) is 9.20. The van der Waals surface area contributed by atoms with Crippen LogP contribution in [0.2, 0.25) is 0 Å². The van der Waals surface area contributed by atoms with Gasteiger partial charge in [-0.3, -0.25) is 0 Å². The summed E-state index contributed by atoms with van der Waals surface area (Å²) in [6.45, 7) is 0. The summed E-state index contributed by atoms with van der Waals surface area (Å²) in [5.41, 5.74) is 0. The van der Waals surface area contributed by atoms with Crippen LogP contribution in [0.15, 0.2) is 35.2 Å². The zero-order valence-corrected chi connectivity index (χ0v) is 12.2. The first-order valence-corrected chi connectivity index (χ1v) is 6.67. The first-order chi connectivity index (χ1) is 8.83. The second-order valence-electron chi connectivity index (χ2n) is 3.58. The first kappa shape index (κ1) is 17.8. The minimum absolute atomic E-state index is 0.342. The molecule has 0 amide bonds. The van der Waals surface area contributed by atoms with Crippen molar-refractivity contribution in [2.45, 2.75) is 25.9 Å². The van der Waals surface area contributed by atoms with Gasteiger partial charge in [-0.1, -0.05) is 18.2 Å². The quantitative estimate of drug-likeness (QED) is 0.254. The highest BCUT2D eigenvalue weighted by molar-refractivity contribution is 14.1. The maximum absolute atomic E-state index is 13.4. The molecular weight excluding hydrogens is 431 g/mol. The predicted molar refractivity (Wildman–Crippen MR) is 66.1 cm³/mol. The van der Waals surface area contributed by atoms with Crippen LogP contribution < -0.4 is 0 Å². The van der Waals surface area contributed by atoms with Crippen LogP contribution in [0.5, 0.6) is 0 Å². The Morgan fingerprint density at radius 3 is 1.65 bits per heavy atom. The minimum atomic E-state index is -6.14. The van der Waals surface area contributed by atoms with Crippen LogP contribution >= 0.6 is 34.4 Å². The lowest BCUT2D eigenvalue weighted by molar-refractivity contribution is -0.290. The highest BCUT2D eigenvalue weighted by atomic mass is 127. The van der Waals surface area contributed by atoms with Crippen LogP contribution in [-0.2, 0) is 0 Å². The van der Waals surface area contributed by atoms with Gasteiger partial charge < -0.3 is 0 Å². The molecule has 0 aliphatic rings. The van der Waals surface area contributed by atoms with Crippen LogP contribution in [0.3, 0.4) is 0 Å². The molecule has 1 unspecified atom stereocenters. The Morgan fingerprint density at radius 2 is 1.25 bits per heavy atom. The van der Waals surface area contributed by atoms with Crippen molar-refractivity contribution in [3.05, 3.63) is 30.3 Å². The molecule has 1 aromatic carbocycles. The van der Waals surface area contributed by atoms with Gasteiger partial charge in [-0.05, 0) is 46.5 Å². The summed E-state index contributed by atoms with van der Waals surface area (Å²) in [6, 6.07) is 5.85. The van der Waals surface area contributed by atoms with Gasteiger partial charge in [0.05, 0.1) is 0 Å². The van der Waals surface area contributed by atoms with Crippen LogP contribution in [0.1, 0.15) is 0 Å². The lowest BCUT2D eigenvalue weighted by Gasteiger charge is -2.34. The standard InChI is InChI=1S/C10H5F8IS/c11-7(12,8(13,19)9(14,15)16)10(17,18)20-6-4-2-1-3-5-6/h1-5H. The second-order valence-corrected chi connectivity index (χ2v) is 6.25. The predicted octanol–water partition coefficient (Wildman–Crippen LogP) is 5.67. The van der Waals surface area contributed by atoms with Crippen LogP contribution in [0.25, 0.3) is 0 Å². The number of hydrogen-bond donors (Lipinski definition) is 0. The van der Waals surface area contributed by atoms with Crippen molar-refractivity contribution in [3.8, 4) is 0 Å². The summed E-state index contributed by atoms with van der Waals surface area (Å²) in [4.78, 5) is -0.411. The second kappa shape index (κ2) is 5.50. The maximum Gasteiger partial charge on any atom is 0.438 e. The number of halogens is 9. The van der Waals surface area contributed by atoms with Crippen molar-refractivity contribution in [2.75, 3.05) is 0 Å². The van der Waals surface area contributed by atoms with E-state index in [0.29, 0.717) is 0 Å². The number of thioether (sulfide) groups is 1. The van der Waals surface area contributed by atoms with Gasteiger partial charge in [-0.2, -0.15) is 30.7 Å². The Bertz CT molecular complexity index is 456. The molecule has 0 aliphatic carbocycles. The third-order valence-corrected chi connectivity index (χ3v) is 4.41. The summed E-state index contributed by atoms with van der Waals surface area (Å²) < 4.78 is 97.7. The number of hydrogen-bond acceptors (Lipinski definition) is 1. The molecule has 1 rings (SSSR count). The van der Waals surface area contributed by atoms with Crippen LogP contribution in [-0.4, -0.2) is 21.0 Å². The first-order valence-electron chi connectivity index (χ1n) is 4.77. The summed E-state index contributed by atoms with van der Waals surface area (Å²) in [5.74, 6) is -5.95. The van der Waals surface area contributed by atoms with Crippen molar-refractivity contribution < 1.29 is 35.1 Å². The van der Waals surface area contributed by atoms with Crippen molar-refractivity contribution in [1.29, 1.82) is 0 Å². The molecule has 0 bridgehead atoms. The largest absolute Gasteiger partial charge is 0.438 e. The molecule has 0 aromatic heterocycles. The molecule has 1 atom stereocenters. The van der Waals surface area contributed by atoms with E-state index in [1.807, 2.05) is 0 Å². The van der Waals surface area contributed by atoms with Gasteiger partial charge in [0.25, 0.3) is 0 Å². The summed E-state index contributed by atoms with van der Waals surface area (Å²) in [6.07, 6.45) is -6.14. The van der Waals surface area contributed by atoms with E-state index in [-0.39, 0.29) is 22.6 Å². The Morgan fingerprint density at radius 1 is 0.800 bits per heavy atom. The van der Waals surface area contributed by atoms with E-state index < -0.39 is 37.7 Å². The lowest BCUT2D eigenvalue weighted by Crippen LogP contribution is -2.58. The zero-order chi connectivity index (χ0) is 15.8. The van der Waals surface area contributed by atoms with E-state index in [1.54, 1.807) is 0 Å². The van der Waals surface area contributed by atoms with Crippen molar-refractivity contribution in [3.63, 3.8) is 0 Å². The maximum atomic E-state index is 13.4. The molecule has 0 saturated heterocycles. The van der Waals surface area contributed by atoms with Gasteiger partial charge in [0.15, 0.2) is 0 Å². The van der Waals surface area contributed by atoms with E-state index in [0.717, 1.165) is 12.1 Å². The van der Waals surface area contributed by atoms with Gasteiger partial charge in [0.1, 0.15) is 0 Å². The van der Waals surface area contributed by atoms with E-state index in [1.165, 1.54) is 18.2 Å². The van der Waals surface area contributed by atoms with E-state index in [2.05, 4.69) is 0 Å². The highest BCUT2D eigenvalue weighted by Gasteiger charge is 2.79. The normalized spacial score (nSPS) is 16.9. The highest BCUT2D eigenvalue weighted by Crippen LogP contribution is 2.59. The van der Waals surface area contributed by atoms with Crippen molar-refractivity contribution >= 4 is 34.4 Å². The Hall–Kier alpha value is -0.260. The molecule has 0 aliphatic heterocycles. The molecule has 0 spiro atoms. The Kier molecular flexibility index (Phi) is 4.89. The van der Waals surface area contributed by atoms with Crippen molar-refractivity contribution in [1.82, 2.24) is 0 Å². The molecule has 114 valence electrons. The fraction of sp³-hybridized carbons (Fsp3) is 0.400. The molecule has 0 fully saturated rings. The Balaban J connectivity index is 3.12. The average Bonchev–Trinajstić information content (AvgIpc) is 2.27. The average molecular weight is 436 g/mol. The number of alkyl halides is 9. The van der Waals surface area contributed by atoms with Gasteiger partial charge in [0, 0.05) is 4.90 Å². The van der Waals surface area contributed by atoms with Crippen LogP contribution in [0.4, 0.5) is 35.1 Å². The van der Waals surface area contributed by atoms with Crippen LogP contribution in [0, 0.1) is 0 Å². The molecule has 10 heteroatoms. The van der Waals surface area contributed by atoms with E-state index in [4.69, 9.17) is 0 Å². The molecule has 1 aromatic rings. The smallest absolute Gasteiger partial charge is 0.215 e. The number of benzene rings is 1. The molecule has 0 radical (unpaired) electrons. The van der Waals surface area contributed by atoms with Gasteiger partial charge in [-0.25, -0.2) is 4.39 Å². The van der Waals surface area contributed by atoms with Gasteiger partial charge in [-0.15, -0.1) is 0 Å². The minimum Gasteiger partial charge on any atom is -0.215 e. The lowest BCUT2D eigenvalue weighted by atomic mass is 10.2. The summed E-state index contributed by atoms with van der Waals surface area (Å²) in [5, 5.41) is -5.28. The fourth-order valence-corrected chi connectivity index (χ4v) is 2.44. The van der Waals surface area contributed by atoms with Gasteiger partial charge in [0.2, 0.25) is 0 Å². The topological polar surface area (TPSA) is 0 Å². The molecule has 20 heavy (non-hydrogen) atoms. The molecule has 0 saturated carbocycles. The van der Waals surface area contributed by atoms with Crippen molar-refractivity contribution in [2.24, 2.45) is 0 Å². The Labute approximate surface area is 126 Å². The summed E-state index contributed by atoms with van der Waals surface area (Å²) in [7, 11) is 0. The monoisotopic (exact) mass is 436 g/mol. The molecule has 0 nitrogen and oxygen atoms in total. The summed E-state index contributed by atoms with van der Waals surface area (Å²) >= 11 is -1.17. The van der Waals surface area contributed by atoms with E-state index >= 15 is 0 Å². The third kappa shape index (κ3) is 3.15. The van der Waals surface area contributed by atoms with E-state index in [9.17, 15) is 35.1 Å². The number of rotatable bonds is 4. The molecule has 0 N–H and O–H groups in total. The fourth-order valence-electron chi connectivity index (χ4n) is 1.06. The van der Waals surface area contributed by atoms with Gasteiger partial charge >= 0.3 is 21.0 Å². The SMILES string of the molecule is FC(F)(F)C(F)(I)C(F)(F)C(F)(F)Sc1ccccc1. The molecular formula is C10H5F8IS. The molecule has 0 heterocycles.